The molecule has 32 heavy (non-hydrogen) atoms. The molecule has 0 aromatic heterocycles. The van der Waals surface area contributed by atoms with Crippen molar-refractivity contribution in [1.29, 1.82) is 0 Å². The molecule has 178 valence electrons. The van der Waals surface area contributed by atoms with Gasteiger partial charge in [0.15, 0.2) is 0 Å². The summed E-state index contributed by atoms with van der Waals surface area (Å²) in [4.78, 5) is 48.1. The number of phenolic OH excluding ortho intramolecular Hbond substituents is 1. The number of nitrogens with two attached hydrogens (primary N) is 1. The van der Waals surface area contributed by atoms with Crippen LogP contribution >= 0.6 is 11.8 Å². The molecule has 11 nitrogen and oxygen atoms in total. The van der Waals surface area contributed by atoms with Gasteiger partial charge in [0.05, 0.1) is 12.1 Å². The molecule has 0 bridgehead atoms. The lowest BCUT2D eigenvalue weighted by molar-refractivity contribution is -0.138. The third kappa shape index (κ3) is 9.54. The normalized spacial score (nSPS) is 14.5. The van der Waals surface area contributed by atoms with E-state index in [0.29, 0.717) is 11.3 Å². The van der Waals surface area contributed by atoms with E-state index >= 15 is 0 Å². The number of carboxylic acid groups (broad SMARTS) is 1. The number of nitrogens with one attached hydrogen (secondary N) is 3. The van der Waals surface area contributed by atoms with E-state index in [1.54, 1.807) is 12.1 Å². The second-order valence-corrected chi connectivity index (χ2v) is 8.14. The summed E-state index contributed by atoms with van der Waals surface area (Å²) in [7, 11) is 0. The zero-order chi connectivity index (χ0) is 24.3. The summed E-state index contributed by atoms with van der Waals surface area (Å²) in [5, 5.41) is 35.1. The summed E-state index contributed by atoms with van der Waals surface area (Å²) in [5.74, 6) is -2.83. The zero-order valence-corrected chi connectivity index (χ0v) is 18.7. The Morgan fingerprint density at radius 2 is 1.69 bits per heavy atom. The molecular weight excluding hydrogens is 440 g/mol. The van der Waals surface area contributed by atoms with Crippen molar-refractivity contribution in [2.24, 2.45) is 5.73 Å². The minimum Gasteiger partial charge on any atom is -0.508 e. The highest BCUT2D eigenvalue weighted by Gasteiger charge is 2.31. The Morgan fingerprint density at radius 3 is 2.22 bits per heavy atom. The van der Waals surface area contributed by atoms with Gasteiger partial charge in [0.1, 0.15) is 24.4 Å². The van der Waals surface area contributed by atoms with Crippen LogP contribution in [0.25, 0.3) is 0 Å². The maximum Gasteiger partial charge on any atom is 0.322 e. The number of amides is 3. The third-order valence-corrected chi connectivity index (χ3v) is 5.09. The molecule has 12 heteroatoms. The Bertz CT molecular complexity index is 789. The maximum atomic E-state index is 12.7. The number of aliphatic carboxylic acids is 1. The Hall–Kier alpha value is -2.83. The molecule has 0 saturated carbocycles. The summed E-state index contributed by atoms with van der Waals surface area (Å²) >= 11 is 1.43. The minimum absolute atomic E-state index is 0.0704. The smallest absolute Gasteiger partial charge is 0.322 e. The first-order valence-corrected chi connectivity index (χ1v) is 11.2. The van der Waals surface area contributed by atoms with Gasteiger partial charge in [-0.05, 0) is 49.5 Å². The molecule has 0 heterocycles. The molecule has 4 atom stereocenters. The molecule has 0 fully saturated rings. The highest BCUT2D eigenvalue weighted by molar-refractivity contribution is 7.98. The zero-order valence-electron chi connectivity index (χ0n) is 17.9. The fourth-order valence-corrected chi connectivity index (χ4v) is 3.17. The van der Waals surface area contributed by atoms with Crippen LogP contribution in [0.1, 0.15) is 18.9 Å². The monoisotopic (exact) mass is 470 g/mol. The topological polar surface area (TPSA) is 191 Å². The molecule has 8 N–H and O–H groups in total. The average molecular weight is 471 g/mol. The Kier molecular flexibility index (Phi) is 11.5. The van der Waals surface area contributed by atoms with Crippen LogP contribution in [0.3, 0.4) is 0 Å². The number of hydrogen-bond acceptors (Lipinski definition) is 8. The molecular formula is C20H30N4O7S. The summed E-state index contributed by atoms with van der Waals surface area (Å²) in [6.07, 6.45) is 0.874. The molecule has 4 unspecified atom stereocenters. The molecule has 1 aromatic rings. The van der Waals surface area contributed by atoms with Crippen LogP contribution in [0.5, 0.6) is 5.75 Å². The maximum absolute atomic E-state index is 12.7. The summed E-state index contributed by atoms with van der Waals surface area (Å²) in [5.41, 5.74) is 6.60. The first-order valence-electron chi connectivity index (χ1n) is 9.85. The number of phenols is 1. The summed E-state index contributed by atoms with van der Waals surface area (Å²) < 4.78 is 0. The van der Waals surface area contributed by atoms with Gasteiger partial charge in [-0.3, -0.25) is 19.2 Å². The van der Waals surface area contributed by atoms with E-state index in [4.69, 9.17) is 10.8 Å². The first-order chi connectivity index (χ1) is 15.0. The molecule has 0 spiro atoms. The quantitative estimate of drug-likeness (QED) is 0.181. The fourth-order valence-electron chi connectivity index (χ4n) is 2.70. The van der Waals surface area contributed by atoms with E-state index in [1.165, 1.54) is 30.8 Å². The van der Waals surface area contributed by atoms with Crippen LogP contribution in [0.2, 0.25) is 0 Å². The van der Waals surface area contributed by atoms with E-state index < -0.39 is 54.5 Å². The number of benzene rings is 1. The van der Waals surface area contributed by atoms with Gasteiger partial charge in [-0.2, -0.15) is 11.8 Å². The number of aliphatic hydroxyl groups is 1. The van der Waals surface area contributed by atoms with Crippen molar-refractivity contribution in [3.05, 3.63) is 29.8 Å². The van der Waals surface area contributed by atoms with Crippen LogP contribution in [-0.4, -0.2) is 81.8 Å². The van der Waals surface area contributed by atoms with Crippen LogP contribution in [0.4, 0.5) is 0 Å². The van der Waals surface area contributed by atoms with Crippen molar-refractivity contribution in [1.82, 2.24) is 16.0 Å². The second-order valence-electron chi connectivity index (χ2n) is 7.16. The van der Waals surface area contributed by atoms with E-state index in [0.717, 1.165) is 0 Å². The Balaban J connectivity index is 2.80. The number of rotatable bonds is 13. The number of carbonyl (C=O) groups is 4. The lowest BCUT2D eigenvalue weighted by Crippen LogP contribution is -2.59. The highest BCUT2D eigenvalue weighted by atomic mass is 32.2. The number of hydrogen-bond donors (Lipinski definition) is 7. The number of aromatic hydroxyl groups is 1. The van der Waals surface area contributed by atoms with Crippen LogP contribution in [-0.2, 0) is 25.6 Å². The van der Waals surface area contributed by atoms with Crippen LogP contribution < -0.4 is 21.7 Å². The van der Waals surface area contributed by atoms with Gasteiger partial charge in [-0.1, -0.05) is 12.1 Å². The van der Waals surface area contributed by atoms with Gasteiger partial charge < -0.3 is 37.0 Å². The number of aliphatic hydroxyl groups excluding tert-OH is 1. The van der Waals surface area contributed by atoms with E-state index in [2.05, 4.69) is 16.0 Å². The van der Waals surface area contributed by atoms with Crippen molar-refractivity contribution >= 4 is 35.5 Å². The van der Waals surface area contributed by atoms with Gasteiger partial charge in [0.25, 0.3) is 0 Å². The molecule has 1 aromatic carbocycles. The molecule has 0 aliphatic carbocycles. The highest BCUT2D eigenvalue weighted by Crippen LogP contribution is 2.11. The number of carbonyl (C=O) groups excluding carboxylic acids is 3. The van der Waals surface area contributed by atoms with E-state index in [1.807, 2.05) is 6.26 Å². The molecule has 0 saturated heterocycles. The van der Waals surface area contributed by atoms with Crippen molar-refractivity contribution in [3.63, 3.8) is 0 Å². The third-order valence-electron chi connectivity index (χ3n) is 4.45. The standard InChI is InChI=1S/C20H30N4O7S/c1-11(25)17(24-18(29)14(21)9-12-3-5-13(26)6-4-12)20(31)23-15(7-8-32-2)19(30)22-10-16(27)28/h3-6,11,14-15,17,25-26H,7-10,21H2,1-2H3,(H,22,30)(H,23,31)(H,24,29)(H,27,28). The van der Waals surface area contributed by atoms with Gasteiger partial charge in [0.2, 0.25) is 17.7 Å². The predicted molar refractivity (Wildman–Crippen MR) is 119 cm³/mol. The second kappa shape index (κ2) is 13.6. The van der Waals surface area contributed by atoms with Crippen molar-refractivity contribution in [2.45, 2.75) is 44.0 Å². The van der Waals surface area contributed by atoms with E-state index in [9.17, 15) is 29.4 Å². The lowest BCUT2D eigenvalue weighted by atomic mass is 10.0. The average Bonchev–Trinajstić information content (AvgIpc) is 2.73. The predicted octanol–water partition coefficient (Wildman–Crippen LogP) is -1.43. The van der Waals surface area contributed by atoms with Gasteiger partial charge in [-0.25, -0.2) is 0 Å². The summed E-state index contributed by atoms with van der Waals surface area (Å²) in [6.45, 7) is 0.699. The first kappa shape index (κ1) is 27.2. The van der Waals surface area contributed by atoms with Gasteiger partial charge >= 0.3 is 5.97 Å². The minimum atomic E-state index is -1.38. The molecule has 3 amide bonds. The Morgan fingerprint density at radius 1 is 1.06 bits per heavy atom. The molecule has 0 aliphatic rings. The Labute approximate surface area is 190 Å². The van der Waals surface area contributed by atoms with Gasteiger partial charge in [0, 0.05) is 0 Å². The van der Waals surface area contributed by atoms with Crippen LogP contribution in [0.15, 0.2) is 24.3 Å². The van der Waals surface area contributed by atoms with Crippen LogP contribution in [0, 0.1) is 0 Å². The van der Waals surface area contributed by atoms with Crippen molar-refractivity contribution < 1.29 is 34.5 Å². The van der Waals surface area contributed by atoms with Crippen molar-refractivity contribution in [3.8, 4) is 5.75 Å². The molecule has 0 radical (unpaired) electrons. The van der Waals surface area contributed by atoms with E-state index in [-0.39, 0.29) is 18.6 Å². The molecule has 0 aliphatic heterocycles. The fraction of sp³-hybridized carbons (Fsp3) is 0.500. The lowest BCUT2D eigenvalue weighted by Gasteiger charge is -2.25. The SMILES string of the molecule is CSCCC(NC(=O)C(NC(=O)C(N)Cc1ccc(O)cc1)C(C)O)C(=O)NCC(=O)O. The number of thioether (sulfide) groups is 1. The van der Waals surface area contributed by atoms with Gasteiger partial charge in [-0.15, -0.1) is 0 Å². The number of carboxylic acids is 1. The molecule has 1 rings (SSSR count). The van der Waals surface area contributed by atoms with Crippen molar-refractivity contribution in [2.75, 3.05) is 18.6 Å². The summed E-state index contributed by atoms with van der Waals surface area (Å²) in [6, 6.07) is 2.67. The largest absolute Gasteiger partial charge is 0.508 e.